The molecule has 0 saturated heterocycles. The minimum Gasteiger partial charge on any atom is -0.384 e. The van der Waals surface area contributed by atoms with Crippen LogP contribution in [-0.2, 0) is 0 Å². The van der Waals surface area contributed by atoms with E-state index >= 15 is 0 Å². The summed E-state index contributed by atoms with van der Waals surface area (Å²) < 4.78 is 22.0. The number of hydrogen-bond acceptors (Lipinski definition) is 8. The number of anilines is 2. The van der Waals surface area contributed by atoms with E-state index in [1.165, 1.54) is 35.9 Å². The maximum atomic E-state index is 14.3. The van der Waals surface area contributed by atoms with Crippen LogP contribution in [0.1, 0.15) is 19.3 Å². The van der Waals surface area contributed by atoms with Crippen molar-refractivity contribution in [3.05, 3.63) is 28.7 Å². The lowest BCUT2D eigenvalue weighted by Gasteiger charge is -2.11. The molecule has 0 aliphatic heterocycles. The summed E-state index contributed by atoms with van der Waals surface area (Å²) in [5.41, 5.74) is 0.768. The molecule has 0 amide bonds. The lowest BCUT2D eigenvalue weighted by atomic mass is 10.2. The van der Waals surface area contributed by atoms with Crippen LogP contribution in [0.25, 0.3) is 0 Å². The molecule has 10 heteroatoms. The molecule has 0 fully saturated rings. The number of rotatable bonds is 13. The zero-order valence-corrected chi connectivity index (χ0v) is 17.9. The molecule has 26 heavy (non-hydrogen) atoms. The van der Waals surface area contributed by atoms with Gasteiger partial charge in [0.1, 0.15) is 12.1 Å². The van der Waals surface area contributed by atoms with Gasteiger partial charge in [0.2, 0.25) is 5.13 Å². The van der Waals surface area contributed by atoms with Crippen molar-refractivity contribution in [2.45, 2.75) is 24.2 Å². The van der Waals surface area contributed by atoms with Gasteiger partial charge in [-0.2, -0.15) is 4.37 Å². The van der Waals surface area contributed by atoms with Gasteiger partial charge < -0.3 is 20.7 Å². The molecule has 0 bridgehead atoms. The minimum absolute atomic E-state index is 0.274. The van der Waals surface area contributed by atoms with Crippen LogP contribution < -0.4 is 20.7 Å². The number of hydrogen-bond donors (Lipinski definition) is 4. The summed E-state index contributed by atoms with van der Waals surface area (Å²) in [5, 5.41) is 10.5. The highest BCUT2D eigenvalue weighted by atomic mass is 79.9. The number of halogens is 2. The molecule has 0 unspecified atom stereocenters. The van der Waals surface area contributed by atoms with Gasteiger partial charge >= 0.3 is 0 Å². The largest absolute Gasteiger partial charge is 0.384 e. The first kappa shape index (κ1) is 21.4. The van der Waals surface area contributed by atoms with Gasteiger partial charge in [0.25, 0.3) is 0 Å². The van der Waals surface area contributed by atoms with Gasteiger partial charge in [-0.3, -0.25) is 0 Å². The second-order valence-corrected chi connectivity index (χ2v) is 8.04. The van der Waals surface area contributed by atoms with Crippen LogP contribution in [0.2, 0.25) is 0 Å². The van der Waals surface area contributed by atoms with Crippen LogP contribution in [-0.4, -0.2) is 42.6 Å². The van der Waals surface area contributed by atoms with Crippen molar-refractivity contribution in [3.8, 4) is 0 Å². The lowest BCUT2D eigenvalue weighted by Crippen LogP contribution is -2.21. The zero-order chi connectivity index (χ0) is 18.6. The molecule has 1 aromatic heterocycles. The molecule has 144 valence electrons. The smallest absolute Gasteiger partial charge is 0.212 e. The lowest BCUT2D eigenvalue weighted by molar-refractivity contribution is 0.596. The maximum Gasteiger partial charge on any atom is 0.212 e. The van der Waals surface area contributed by atoms with Crippen LogP contribution in [0.5, 0.6) is 0 Å². The number of unbranched alkanes of at least 4 members (excludes halogenated alkanes) is 1. The van der Waals surface area contributed by atoms with Crippen LogP contribution >= 0.6 is 39.4 Å². The van der Waals surface area contributed by atoms with E-state index in [2.05, 4.69) is 46.0 Å². The van der Waals surface area contributed by atoms with E-state index in [0.29, 0.717) is 10.0 Å². The molecule has 2 aromatic rings. The molecule has 1 heterocycles. The Labute approximate surface area is 170 Å². The normalized spacial score (nSPS) is 10.9. The van der Waals surface area contributed by atoms with Gasteiger partial charge in [0, 0.05) is 22.5 Å². The van der Waals surface area contributed by atoms with Crippen LogP contribution in [0.15, 0.2) is 27.8 Å². The molecule has 0 radical (unpaired) electrons. The van der Waals surface area contributed by atoms with Crippen molar-refractivity contribution < 1.29 is 4.39 Å². The van der Waals surface area contributed by atoms with Crippen LogP contribution in [0.3, 0.4) is 0 Å². The van der Waals surface area contributed by atoms with Gasteiger partial charge in [-0.05, 0) is 86.0 Å². The van der Waals surface area contributed by atoms with E-state index in [-0.39, 0.29) is 5.82 Å². The van der Waals surface area contributed by atoms with Crippen molar-refractivity contribution in [2.75, 3.05) is 43.3 Å². The van der Waals surface area contributed by atoms with E-state index < -0.39 is 0 Å². The first-order valence-electron chi connectivity index (χ1n) is 8.48. The Hall–Kier alpha value is -0.940. The molecule has 2 rings (SSSR count). The van der Waals surface area contributed by atoms with E-state index in [1.807, 2.05) is 7.05 Å². The fourth-order valence-corrected chi connectivity index (χ4v) is 3.95. The predicted octanol–water partition coefficient (Wildman–Crippen LogP) is 3.95. The predicted molar refractivity (Wildman–Crippen MR) is 113 cm³/mol. The summed E-state index contributed by atoms with van der Waals surface area (Å²) in [7, 11) is 1.97. The molecule has 0 aliphatic carbocycles. The maximum absolute atomic E-state index is 14.3. The highest BCUT2D eigenvalue weighted by molar-refractivity contribution is 9.10. The molecule has 1 aromatic carbocycles. The van der Waals surface area contributed by atoms with Gasteiger partial charge in [-0.15, -0.1) is 0 Å². The summed E-state index contributed by atoms with van der Waals surface area (Å²) in [6, 6.07) is 3.28. The number of aromatic nitrogens is 2. The standard InChI is InChI=1S/C16H24BrFN6S2/c1-19-5-4-7-20-6-2-3-8-21-14-10-13(18)15(9-12(14)17)25-24-16-22-11-23-26-16/h9-11,19-21H,2-8H2,1H3,(H,22,23,24). The SMILES string of the molecule is CNCCCNCCCCNc1cc(F)c(SNc2ncns2)cc1Br. The Morgan fingerprint density at radius 1 is 1.15 bits per heavy atom. The zero-order valence-electron chi connectivity index (χ0n) is 14.6. The number of nitrogens with zero attached hydrogens (tertiary/aromatic N) is 2. The molecular weight excluding hydrogens is 439 g/mol. The van der Waals surface area contributed by atoms with Crippen LogP contribution in [0, 0.1) is 5.82 Å². The molecule has 6 nitrogen and oxygen atoms in total. The second kappa shape index (κ2) is 12.4. The Morgan fingerprint density at radius 2 is 1.96 bits per heavy atom. The quantitative estimate of drug-likeness (QED) is 0.265. The van der Waals surface area contributed by atoms with Crippen molar-refractivity contribution in [1.82, 2.24) is 20.0 Å². The van der Waals surface area contributed by atoms with Gasteiger partial charge in [-0.25, -0.2) is 9.37 Å². The summed E-state index contributed by atoms with van der Waals surface area (Å²) in [5.74, 6) is -0.274. The average Bonchev–Trinajstić information content (AvgIpc) is 3.15. The summed E-state index contributed by atoms with van der Waals surface area (Å²) in [6.07, 6.45) is 4.72. The van der Waals surface area contributed by atoms with Crippen molar-refractivity contribution in [2.24, 2.45) is 0 Å². The molecule has 4 N–H and O–H groups in total. The third-order valence-corrected chi connectivity index (χ3v) is 5.70. The molecule has 0 saturated carbocycles. The van der Waals surface area contributed by atoms with Crippen molar-refractivity contribution in [3.63, 3.8) is 0 Å². The third kappa shape index (κ3) is 7.75. The van der Waals surface area contributed by atoms with E-state index in [4.69, 9.17) is 0 Å². The van der Waals surface area contributed by atoms with Gasteiger partial charge in [0.05, 0.1) is 10.6 Å². The average molecular weight is 463 g/mol. The van der Waals surface area contributed by atoms with Crippen molar-refractivity contribution in [1.29, 1.82) is 0 Å². The molecule has 0 aliphatic rings. The Morgan fingerprint density at radius 3 is 2.73 bits per heavy atom. The highest BCUT2D eigenvalue weighted by Gasteiger charge is 2.10. The van der Waals surface area contributed by atoms with Crippen LogP contribution in [0.4, 0.5) is 15.2 Å². The Bertz CT molecular complexity index is 644. The first-order chi connectivity index (χ1) is 12.7. The van der Waals surface area contributed by atoms with Crippen molar-refractivity contribution >= 4 is 50.2 Å². The number of benzene rings is 1. The Balaban J connectivity index is 1.68. The monoisotopic (exact) mass is 462 g/mol. The fraction of sp³-hybridized carbons (Fsp3) is 0.500. The Kier molecular flexibility index (Phi) is 10.2. The summed E-state index contributed by atoms with van der Waals surface area (Å²) in [6.45, 7) is 3.90. The molecular formula is C16H24BrFN6S2. The molecule has 0 atom stereocenters. The number of nitrogens with one attached hydrogen (secondary N) is 4. The summed E-state index contributed by atoms with van der Waals surface area (Å²) >= 11 is 5.92. The third-order valence-electron chi connectivity index (χ3n) is 3.51. The van der Waals surface area contributed by atoms with Gasteiger partial charge in [-0.1, -0.05) is 0 Å². The van der Waals surface area contributed by atoms with E-state index in [9.17, 15) is 4.39 Å². The first-order valence-corrected chi connectivity index (χ1v) is 10.9. The highest BCUT2D eigenvalue weighted by Crippen LogP contribution is 2.32. The second-order valence-electron chi connectivity index (χ2n) is 5.55. The fourth-order valence-electron chi connectivity index (χ4n) is 2.17. The minimum atomic E-state index is -0.274. The van der Waals surface area contributed by atoms with E-state index in [0.717, 1.165) is 55.6 Å². The molecule has 0 spiro atoms. The summed E-state index contributed by atoms with van der Waals surface area (Å²) in [4.78, 5) is 4.51. The van der Waals surface area contributed by atoms with Gasteiger partial charge in [0.15, 0.2) is 0 Å². The van der Waals surface area contributed by atoms with E-state index in [1.54, 1.807) is 6.07 Å². The topological polar surface area (TPSA) is 73.9 Å².